The van der Waals surface area contributed by atoms with E-state index in [0.717, 1.165) is 17.6 Å². The van der Waals surface area contributed by atoms with Gasteiger partial charge in [-0.2, -0.15) is 14.4 Å². The van der Waals surface area contributed by atoms with Gasteiger partial charge in [0.05, 0.1) is 46.3 Å². The van der Waals surface area contributed by atoms with Gasteiger partial charge < -0.3 is 10.2 Å². The van der Waals surface area contributed by atoms with Crippen LogP contribution in [0.5, 0.6) is 5.75 Å². The van der Waals surface area contributed by atoms with Crippen LogP contribution in [0.4, 0.5) is 21.7 Å². The Morgan fingerprint density at radius 2 is 2.13 bits per heavy atom. The lowest BCUT2D eigenvalue weighted by atomic mass is 10.2. The molecule has 152 valence electrons. The lowest BCUT2D eigenvalue weighted by molar-refractivity contribution is -0.387. The van der Waals surface area contributed by atoms with Crippen LogP contribution in [0.25, 0.3) is 16.8 Å². The average Bonchev–Trinajstić information content (AvgIpc) is 3.15. The van der Waals surface area contributed by atoms with Crippen LogP contribution >= 0.6 is 11.6 Å². The summed E-state index contributed by atoms with van der Waals surface area (Å²) in [5, 5.41) is 18.4. The molecule has 0 bridgehead atoms. The summed E-state index contributed by atoms with van der Waals surface area (Å²) >= 11 is 6.29. The Balaban J connectivity index is 1.77. The number of nitrogens with one attached hydrogen (secondary N) is 1. The zero-order valence-electron chi connectivity index (χ0n) is 15.2. The molecular weight excluding hydrogens is 419 g/mol. The third-order valence-corrected chi connectivity index (χ3v) is 4.37. The molecule has 10 nitrogen and oxygen atoms in total. The maximum atomic E-state index is 13.9. The number of anilines is 2. The molecule has 1 aromatic carbocycles. The van der Waals surface area contributed by atoms with Crippen molar-refractivity contribution in [3.8, 4) is 17.0 Å². The van der Waals surface area contributed by atoms with Gasteiger partial charge in [0, 0.05) is 23.9 Å². The van der Waals surface area contributed by atoms with Crippen molar-refractivity contribution in [2.24, 2.45) is 0 Å². The number of fused-ring (bicyclic) bond motifs is 1. The quantitative estimate of drug-likeness (QED) is 0.275. The van der Waals surface area contributed by atoms with Crippen LogP contribution in [0.2, 0.25) is 5.02 Å². The van der Waals surface area contributed by atoms with E-state index in [0.29, 0.717) is 11.3 Å². The van der Waals surface area contributed by atoms with Crippen LogP contribution in [0.3, 0.4) is 0 Å². The van der Waals surface area contributed by atoms with Gasteiger partial charge >= 0.3 is 5.69 Å². The molecule has 0 unspecified atom stereocenters. The molecule has 0 aliphatic heterocycles. The largest absolute Gasteiger partial charge is 0.335 e. The Labute approximate surface area is 172 Å². The minimum atomic E-state index is -1.08. The first-order valence-electron chi connectivity index (χ1n) is 8.39. The Kier molecular flexibility index (Phi) is 5.12. The summed E-state index contributed by atoms with van der Waals surface area (Å²) in [6.45, 7) is 0. The second-order valence-electron chi connectivity index (χ2n) is 5.91. The second kappa shape index (κ2) is 7.89. The molecule has 0 aliphatic carbocycles. The Bertz CT molecular complexity index is 1260. The van der Waals surface area contributed by atoms with E-state index in [1.807, 2.05) is 18.2 Å². The number of hydrogen-bond donors (Lipinski definition) is 1. The maximum Gasteiger partial charge on any atom is 0.307 e. The molecular formula is C18H12ClFN6O4. The fourth-order valence-corrected chi connectivity index (χ4v) is 2.99. The van der Waals surface area contributed by atoms with Crippen LogP contribution < -0.4 is 10.2 Å². The van der Waals surface area contributed by atoms with Crippen molar-refractivity contribution in [2.75, 3.05) is 12.4 Å². The molecule has 4 aromatic rings. The summed E-state index contributed by atoms with van der Waals surface area (Å²) in [5.74, 6) is -1.16. The molecule has 1 N–H and O–H groups in total. The van der Waals surface area contributed by atoms with Crippen molar-refractivity contribution in [3.05, 3.63) is 69.9 Å². The summed E-state index contributed by atoms with van der Waals surface area (Å²) in [6, 6.07) is 7.31. The summed E-state index contributed by atoms with van der Waals surface area (Å²) in [4.78, 5) is 28.1. The van der Waals surface area contributed by atoms with Crippen molar-refractivity contribution in [2.45, 2.75) is 0 Å². The standard InChI is InChI=1S/C18H12ClFN6O4/c1-29-30-16-6-12(20)15(26(27)28)7-13(16)23-18-21-9-11(19)17(24-18)10-8-22-25-5-3-2-4-14(10)25/h2-9H,1H3,(H,21,23,24). The van der Waals surface area contributed by atoms with Gasteiger partial charge in [0.25, 0.3) is 0 Å². The molecule has 0 amide bonds. The van der Waals surface area contributed by atoms with Crippen LogP contribution in [-0.2, 0) is 4.89 Å². The highest BCUT2D eigenvalue weighted by molar-refractivity contribution is 6.33. The van der Waals surface area contributed by atoms with E-state index >= 15 is 0 Å². The van der Waals surface area contributed by atoms with Crippen LogP contribution in [0.15, 0.2) is 48.9 Å². The van der Waals surface area contributed by atoms with Gasteiger partial charge in [-0.05, 0) is 12.1 Å². The van der Waals surface area contributed by atoms with Crippen LogP contribution in [0, 0.1) is 15.9 Å². The molecule has 4 rings (SSSR count). The zero-order valence-corrected chi connectivity index (χ0v) is 16.0. The van der Waals surface area contributed by atoms with Crippen molar-refractivity contribution in [1.29, 1.82) is 0 Å². The van der Waals surface area contributed by atoms with Crippen LogP contribution in [0.1, 0.15) is 0 Å². The molecule has 0 radical (unpaired) electrons. The average molecular weight is 431 g/mol. The number of benzene rings is 1. The molecule has 0 atom stereocenters. The van der Waals surface area contributed by atoms with Gasteiger partial charge in [-0.1, -0.05) is 17.7 Å². The second-order valence-corrected chi connectivity index (χ2v) is 6.32. The zero-order chi connectivity index (χ0) is 21.3. The van der Waals surface area contributed by atoms with E-state index < -0.39 is 16.4 Å². The molecule has 0 spiro atoms. The number of halogens is 2. The van der Waals surface area contributed by atoms with Gasteiger partial charge in [-0.3, -0.25) is 10.1 Å². The number of nitro benzene ring substituents is 1. The topological polar surface area (TPSA) is 117 Å². The predicted molar refractivity (Wildman–Crippen MR) is 105 cm³/mol. The first-order valence-corrected chi connectivity index (χ1v) is 8.76. The normalized spacial score (nSPS) is 10.9. The monoisotopic (exact) mass is 430 g/mol. The number of nitro groups is 1. The van der Waals surface area contributed by atoms with Crippen molar-refractivity contribution in [1.82, 2.24) is 19.6 Å². The lowest BCUT2D eigenvalue weighted by Crippen LogP contribution is -2.04. The molecule has 0 saturated heterocycles. The minimum absolute atomic E-state index is 0.0260. The highest BCUT2D eigenvalue weighted by Crippen LogP contribution is 2.35. The molecule has 30 heavy (non-hydrogen) atoms. The molecule has 0 fully saturated rings. The van der Waals surface area contributed by atoms with E-state index in [4.69, 9.17) is 16.5 Å². The molecule has 12 heteroatoms. The van der Waals surface area contributed by atoms with Gasteiger partial charge in [0.1, 0.15) is 0 Å². The van der Waals surface area contributed by atoms with Crippen molar-refractivity contribution in [3.63, 3.8) is 0 Å². The highest BCUT2D eigenvalue weighted by Gasteiger charge is 2.21. The van der Waals surface area contributed by atoms with E-state index in [1.165, 1.54) is 13.3 Å². The molecule has 3 aromatic heterocycles. The number of nitrogens with zero attached hydrogens (tertiary/aromatic N) is 5. The first-order chi connectivity index (χ1) is 14.5. The van der Waals surface area contributed by atoms with E-state index in [9.17, 15) is 14.5 Å². The molecule has 0 saturated carbocycles. The minimum Gasteiger partial charge on any atom is -0.335 e. The van der Waals surface area contributed by atoms with Gasteiger partial charge in [-0.15, -0.1) is 0 Å². The number of rotatable bonds is 6. The number of hydrogen-bond acceptors (Lipinski definition) is 8. The third-order valence-electron chi connectivity index (χ3n) is 4.09. The summed E-state index contributed by atoms with van der Waals surface area (Å²) in [6.07, 6.45) is 4.75. The van der Waals surface area contributed by atoms with Crippen molar-refractivity contribution < 1.29 is 19.1 Å². The lowest BCUT2D eigenvalue weighted by Gasteiger charge is -2.11. The van der Waals surface area contributed by atoms with E-state index in [1.54, 1.807) is 16.9 Å². The van der Waals surface area contributed by atoms with Gasteiger partial charge in [0.15, 0.2) is 5.75 Å². The van der Waals surface area contributed by atoms with E-state index in [-0.39, 0.29) is 22.4 Å². The predicted octanol–water partition coefficient (Wildman–Crippen LogP) is 4.18. The Morgan fingerprint density at radius 3 is 2.90 bits per heavy atom. The van der Waals surface area contributed by atoms with Gasteiger partial charge in [-0.25, -0.2) is 14.5 Å². The Morgan fingerprint density at radius 1 is 1.30 bits per heavy atom. The SMILES string of the molecule is COOc1cc(F)c([N+](=O)[O-])cc1Nc1ncc(Cl)c(-c2cnn3ccccc23)n1. The fraction of sp³-hybridized carbons (Fsp3) is 0.0556. The number of aromatic nitrogens is 4. The Hall–Kier alpha value is -3.83. The molecule has 0 aliphatic rings. The summed E-state index contributed by atoms with van der Waals surface area (Å²) in [7, 11) is 1.21. The summed E-state index contributed by atoms with van der Waals surface area (Å²) in [5.41, 5.74) is 1.09. The van der Waals surface area contributed by atoms with E-state index in [2.05, 4.69) is 25.3 Å². The first kappa shape index (κ1) is 19.5. The van der Waals surface area contributed by atoms with Crippen LogP contribution in [-0.4, -0.2) is 31.6 Å². The van der Waals surface area contributed by atoms with Gasteiger partial charge in [0.2, 0.25) is 11.8 Å². The third kappa shape index (κ3) is 3.58. The fourth-order valence-electron chi connectivity index (χ4n) is 2.79. The smallest absolute Gasteiger partial charge is 0.307 e. The van der Waals surface area contributed by atoms with Crippen molar-refractivity contribution >= 4 is 34.4 Å². The maximum absolute atomic E-state index is 13.9. The summed E-state index contributed by atoms with van der Waals surface area (Å²) < 4.78 is 15.6. The highest BCUT2D eigenvalue weighted by atomic mass is 35.5. The number of pyridine rings is 1. The molecule has 3 heterocycles.